The van der Waals surface area contributed by atoms with Gasteiger partial charge < -0.3 is 5.48 Å². The molecule has 0 heterocycles. The molecule has 0 aliphatic carbocycles. The third-order valence-corrected chi connectivity index (χ3v) is 0. The van der Waals surface area contributed by atoms with Crippen molar-refractivity contribution in [2.45, 2.75) is 0 Å². The zero-order valence-corrected chi connectivity index (χ0v) is 12.9. The molecule has 0 rings (SSSR count). The van der Waals surface area contributed by atoms with E-state index in [1.807, 2.05) is 0 Å². The fourth-order valence-electron chi connectivity index (χ4n) is 0. The Morgan fingerprint density at radius 1 is 0.889 bits per heavy atom. The van der Waals surface area contributed by atoms with E-state index in [0.717, 1.165) is 0 Å². The molecule has 0 bridgehead atoms. The van der Waals surface area contributed by atoms with Crippen LogP contribution < -0.4 is 7.87 Å². The van der Waals surface area contributed by atoms with Gasteiger partial charge in [-0.05, 0) is 0 Å². The van der Waals surface area contributed by atoms with E-state index in [9.17, 15) is 0 Å². The molecular weight excluding hydrogens is 372 g/mol. The summed E-state index contributed by atoms with van der Waals surface area (Å²) >= 11 is -7.72. The van der Waals surface area contributed by atoms with Gasteiger partial charge in [0.15, 0.2) is 0 Å². The molecule has 0 saturated heterocycles. The minimum Gasteiger partial charge on any atom is 2.00 e. The maximum absolute atomic E-state index is 8.64. The van der Waals surface area contributed by atoms with Gasteiger partial charge in [0, 0.05) is 0 Å². The standard InChI is InChI=1S/6O.Ru.2Sr/q;;;-2;2*-1;;2*+2. The molecule has 0 atom stereocenters. The van der Waals surface area contributed by atoms with Crippen LogP contribution in [0.1, 0.15) is 0 Å². The van der Waals surface area contributed by atoms with E-state index >= 15 is 0 Å². The summed E-state index contributed by atoms with van der Waals surface area (Å²) in [5, 5.41) is 0. The first-order valence-electron chi connectivity index (χ1n) is 0.722. The van der Waals surface area contributed by atoms with Crippen LogP contribution in [0.2, 0.25) is 0 Å². The van der Waals surface area contributed by atoms with Crippen molar-refractivity contribution < 1.29 is 38.2 Å². The minimum absolute atomic E-state index is 0. The van der Waals surface area contributed by atoms with E-state index in [1.165, 1.54) is 0 Å². The van der Waals surface area contributed by atoms with Gasteiger partial charge >= 0.3 is 124 Å². The summed E-state index contributed by atoms with van der Waals surface area (Å²) in [6.45, 7) is 0. The molecule has 0 radical (unpaired) electrons. The molecule has 0 aliphatic rings. The smallest absolute Gasteiger partial charge is 2.00 e. The van der Waals surface area contributed by atoms with Crippen LogP contribution in [0.3, 0.4) is 0 Å². The van der Waals surface area contributed by atoms with E-state index in [1.54, 1.807) is 0 Å². The first-order valence-corrected chi connectivity index (χ1v) is 4.27. The normalized spacial score (nSPS) is 12.4. The van der Waals surface area contributed by atoms with Crippen LogP contribution in [0.4, 0.5) is 0 Å². The molecule has 0 spiro atoms. The van der Waals surface area contributed by atoms with E-state index in [2.05, 4.69) is 0 Å². The van der Waals surface area contributed by atoms with Crippen LogP contribution in [0.5, 0.6) is 0 Å². The Kier molecular flexibility index (Phi) is 16.1. The Morgan fingerprint density at radius 3 is 0.889 bits per heavy atom. The number of hydrogen-bond acceptors (Lipinski definition) is 5. The fraction of sp³-hybridized carbons (Fsp3) is 0. The van der Waals surface area contributed by atoms with E-state index in [0.29, 0.717) is 0 Å². The zero-order chi connectivity index (χ0) is 5.45. The van der Waals surface area contributed by atoms with Crippen molar-refractivity contribution >= 4 is 91.0 Å². The van der Waals surface area contributed by atoms with Crippen LogP contribution in [-0.2, 0) is 30.4 Å². The van der Waals surface area contributed by atoms with Crippen molar-refractivity contribution in [2.24, 2.45) is 0 Å². The summed E-state index contributed by atoms with van der Waals surface area (Å²) < 4.78 is 43.2. The first kappa shape index (κ1) is 22.6. The Labute approximate surface area is 126 Å². The summed E-state index contributed by atoms with van der Waals surface area (Å²) in [7, 11) is 0. The second kappa shape index (κ2) is 6.39. The van der Waals surface area contributed by atoms with Crippen molar-refractivity contribution in [3.63, 3.8) is 0 Å². The molecule has 0 fully saturated rings. The predicted molar refractivity (Wildman–Crippen MR) is 14.3 cm³/mol. The maximum atomic E-state index is 8.64. The molecule has 0 N–H and O–H groups in total. The van der Waals surface area contributed by atoms with Crippen LogP contribution in [0, 0.1) is 0 Å². The summed E-state index contributed by atoms with van der Waals surface area (Å²) in [6, 6.07) is 0. The molecule has 6 nitrogen and oxygen atoms in total. The Morgan fingerprint density at radius 2 is 0.889 bits per heavy atom. The molecule has 9 heteroatoms. The van der Waals surface area contributed by atoms with Crippen molar-refractivity contribution in [3.8, 4) is 0 Å². The van der Waals surface area contributed by atoms with Gasteiger partial charge in [0.05, 0.1) is 0 Å². The van der Waals surface area contributed by atoms with Crippen molar-refractivity contribution in [3.05, 3.63) is 0 Å². The van der Waals surface area contributed by atoms with Gasteiger partial charge in [-0.3, -0.25) is 0 Å². The molecule has 0 aromatic heterocycles. The van der Waals surface area contributed by atoms with E-state index in [4.69, 9.17) is 18.6 Å². The first-order chi connectivity index (χ1) is 2.24. The number of hydrogen-bond donors (Lipinski definition) is 0. The Balaban J connectivity index is -0.0000000417. The topological polar surface area (TPSA) is 126 Å². The molecular formula is O6RuSr2. The van der Waals surface area contributed by atoms with Gasteiger partial charge in [-0.1, -0.05) is 0 Å². The largest absolute Gasteiger partial charge is 2.00 e. The van der Waals surface area contributed by atoms with Gasteiger partial charge in [-0.2, -0.15) is 0 Å². The SMILES string of the molecule is [O-2].[O]=[Ru](=[O])(=[O])([O-])[O-].[Sr+2].[Sr+2]. The third kappa shape index (κ3) is 104. The summed E-state index contributed by atoms with van der Waals surface area (Å²) in [4.78, 5) is 0. The van der Waals surface area contributed by atoms with Gasteiger partial charge in [0.1, 0.15) is 0 Å². The molecule has 0 aromatic rings. The van der Waals surface area contributed by atoms with Crippen molar-refractivity contribution in [1.82, 2.24) is 0 Å². The summed E-state index contributed by atoms with van der Waals surface area (Å²) in [5.41, 5.74) is 0. The molecule has 9 heavy (non-hydrogen) atoms. The van der Waals surface area contributed by atoms with Crippen LogP contribution in [0.25, 0.3) is 0 Å². The quantitative estimate of drug-likeness (QED) is 0.406. The monoisotopic (exact) mass is 374 g/mol. The molecule has 0 saturated carbocycles. The van der Waals surface area contributed by atoms with Crippen LogP contribution in [0.15, 0.2) is 0 Å². The Hall–Kier alpha value is 2.86. The maximum Gasteiger partial charge on any atom is 2.00 e. The molecule has 0 unspecified atom stereocenters. The summed E-state index contributed by atoms with van der Waals surface area (Å²) in [6.07, 6.45) is 0. The molecule has 48 valence electrons. The minimum atomic E-state index is -7.72. The third-order valence-electron chi connectivity index (χ3n) is 0. The van der Waals surface area contributed by atoms with Crippen LogP contribution >= 0.6 is 0 Å². The van der Waals surface area contributed by atoms with Crippen LogP contribution in [-0.4, -0.2) is 91.0 Å². The van der Waals surface area contributed by atoms with Crippen molar-refractivity contribution in [1.29, 1.82) is 0 Å². The average Bonchev–Trinajstić information content (AvgIpc) is 0.650. The zero-order valence-electron chi connectivity index (χ0n) is 4.22. The Bertz CT molecular complexity index is 189. The number of rotatable bonds is 0. The molecule has 0 aliphatic heterocycles. The van der Waals surface area contributed by atoms with Crippen molar-refractivity contribution in [2.75, 3.05) is 0 Å². The van der Waals surface area contributed by atoms with Gasteiger partial charge in [-0.15, -0.1) is 0 Å². The van der Waals surface area contributed by atoms with Gasteiger partial charge in [-0.25, -0.2) is 0 Å². The van der Waals surface area contributed by atoms with E-state index < -0.39 is 14.2 Å². The molecule has 0 aromatic carbocycles. The second-order valence-corrected chi connectivity index (χ2v) is 3.49. The fourth-order valence-corrected chi connectivity index (χ4v) is 0. The molecule has 0 amide bonds. The predicted octanol–water partition coefficient (Wildman–Crippen LogP) is -3.62. The second-order valence-electron chi connectivity index (χ2n) is 0.589. The van der Waals surface area contributed by atoms with Gasteiger partial charge in [0.25, 0.3) is 0 Å². The van der Waals surface area contributed by atoms with Gasteiger partial charge in [0.2, 0.25) is 0 Å². The summed E-state index contributed by atoms with van der Waals surface area (Å²) in [5.74, 6) is 0. The van der Waals surface area contributed by atoms with E-state index in [-0.39, 0.29) is 96.4 Å². The average molecular weight is 372 g/mol.